The molecule has 0 saturated heterocycles. The van der Waals surface area contributed by atoms with Gasteiger partial charge in [-0.25, -0.2) is 4.79 Å². The van der Waals surface area contributed by atoms with Gasteiger partial charge in [0.25, 0.3) is 0 Å². The molecule has 0 aliphatic heterocycles. The Morgan fingerprint density at radius 3 is 2.17 bits per heavy atom. The van der Waals surface area contributed by atoms with Crippen molar-refractivity contribution < 1.29 is 14.3 Å². The summed E-state index contributed by atoms with van der Waals surface area (Å²) in [4.78, 5) is 11.7. The molecule has 0 atom stereocenters. The molecule has 0 aromatic heterocycles. The van der Waals surface area contributed by atoms with Crippen LogP contribution in [0, 0.1) is 5.92 Å². The summed E-state index contributed by atoms with van der Waals surface area (Å²) in [6, 6.07) is 7.03. The van der Waals surface area contributed by atoms with Crippen molar-refractivity contribution in [3.05, 3.63) is 29.8 Å². The maximum absolute atomic E-state index is 11.7. The Kier molecular flexibility index (Phi) is 4.76. The van der Waals surface area contributed by atoms with Gasteiger partial charge in [-0.15, -0.1) is 0 Å². The summed E-state index contributed by atoms with van der Waals surface area (Å²) in [6.45, 7) is 10.4. The lowest BCUT2D eigenvalue weighted by Gasteiger charge is -2.21. The monoisotopic (exact) mass is 250 g/mol. The van der Waals surface area contributed by atoms with Crippen molar-refractivity contribution >= 4 is 5.97 Å². The lowest BCUT2D eigenvalue weighted by atomic mass is 10.1. The summed E-state index contributed by atoms with van der Waals surface area (Å²) < 4.78 is 10.8. The van der Waals surface area contributed by atoms with E-state index in [1.165, 1.54) is 0 Å². The van der Waals surface area contributed by atoms with Gasteiger partial charge in [0, 0.05) is 0 Å². The van der Waals surface area contributed by atoms with Crippen LogP contribution in [0.4, 0.5) is 0 Å². The molecule has 0 radical (unpaired) electrons. The molecule has 0 amide bonds. The van der Waals surface area contributed by atoms with Gasteiger partial charge in [0.2, 0.25) is 0 Å². The molecule has 0 spiro atoms. The molecule has 1 aromatic rings. The molecule has 0 unspecified atom stereocenters. The van der Waals surface area contributed by atoms with Crippen molar-refractivity contribution in [2.24, 2.45) is 5.92 Å². The summed E-state index contributed by atoms with van der Waals surface area (Å²) >= 11 is 0. The van der Waals surface area contributed by atoms with Gasteiger partial charge in [-0.1, -0.05) is 13.8 Å². The predicted octanol–water partition coefficient (Wildman–Crippen LogP) is 3.68. The molecule has 0 saturated carbocycles. The lowest BCUT2D eigenvalue weighted by molar-refractivity contribution is 0.0459. The average Bonchev–Trinajstić information content (AvgIpc) is 2.24. The fourth-order valence-corrected chi connectivity index (χ4v) is 1.34. The molecule has 3 nitrogen and oxygen atoms in total. The van der Waals surface area contributed by atoms with Gasteiger partial charge in [-0.3, -0.25) is 0 Å². The van der Waals surface area contributed by atoms with Crippen LogP contribution in [-0.4, -0.2) is 18.2 Å². The number of ether oxygens (including phenoxy) is 2. The van der Waals surface area contributed by atoms with Crippen molar-refractivity contribution in [2.45, 2.75) is 40.2 Å². The number of carbonyl (C=O) groups is 1. The lowest BCUT2D eigenvalue weighted by Crippen LogP contribution is -2.22. The Morgan fingerprint density at radius 1 is 1.17 bits per heavy atom. The summed E-state index contributed by atoms with van der Waals surface area (Å²) in [5, 5.41) is 0. The van der Waals surface area contributed by atoms with Crippen LogP contribution >= 0.6 is 0 Å². The molecular formula is C15H22O3. The number of hydrogen-bond donors (Lipinski definition) is 0. The molecule has 0 N–H and O–H groups in total. The van der Waals surface area contributed by atoms with Gasteiger partial charge < -0.3 is 9.47 Å². The second-order valence-electron chi connectivity index (χ2n) is 5.73. The van der Waals surface area contributed by atoms with Gasteiger partial charge in [-0.05, 0) is 51.0 Å². The smallest absolute Gasteiger partial charge is 0.338 e. The van der Waals surface area contributed by atoms with Crippen LogP contribution in [0.1, 0.15) is 45.0 Å². The SMILES string of the molecule is CC(C)COC(=O)c1ccc(OC(C)(C)C)cc1. The number of carbonyl (C=O) groups excluding carboxylic acids is 1. The minimum atomic E-state index is -0.286. The maximum Gasteiger partial charge on any atom is 0.338 e. The van der Waals surface area contributed by atoms with Crippen LogP contribution in [0.5, 0.6) is 5.75 Å². The quantitative estimate of drug-likeness (QED) is 0.765. The normalized spacial score (nSPS) is 11.4. The molecule has 0 aliphatic carbocycles. The van der Waals surface area contributed by atoms with Crippen molar-refractivity contribution in [3.63, 3.8) is 0 Å². The highest BCUT2D eigenvalue weighted by Gasteiger charge is 2.13. The van der Waals surface area contributed by atoms with Crippen LogP contribution in [0.25, 0.3) is 0 Å². The molecule has 1 rings (SSSR count). The third-order valence-electron chi connectivity index (χ3n) is 2.06. The molecule has 0 bridgehead atoms. The van der Waals surface area contributed by atoms with Crippen LogP contribution in [0.3, 0.4) is 0 Å². The minimum Gasteiger partial charge on any atom is -0.488 e. The van der Waals surface area contributed by atoms with Gasteiger partial charge >= 0.3 is 5.97 Å². The Morgan fingerprint density at radius 2 is 1.72 bits per heavy atom. The highest BCUT2D eigenvalue weighted by Crippen LogP contribution is 2.18. The van der Waals surface area contributed by atoms with Gasteiger partial charge in [0.05, 0.1) is 12.2 Å². The average molecular weight is 250 g/mol. The summed E-state index contributed by atoms with van der Waals surface area (Å²) in [5.74, 6) is 0.811. The molecular weight excluding hydrogens is 228 g/mol. The highest BCUT2D eigenvalue weighted by atomic mass is 16.5. The first-order valence-corrected chi connectivity index (χ1v) is 6.24. The fraction of sp³-hybridized carbons (Fsp3) is 0.533. The van der Waals surface area contributed by atoms with Crippen molar-refractivity contribution in [1.82, 2.24) is 0 Å². The van der Waals surface area contributed by atoms with Crippen molar-refractivity contribution in [2.75, 3.05) is 6.61 Å². The molecule has 18 heavy (non-hydrogen) atoms. The van der Waals surface area contributed by atoms with Crippen LogP contribution < -0.4 is 4.74 Å². The number of hydrogen-bond acceptors (Lipinski definition) is 3. The van der Waals surface area contributed by atoms with E-state index >= 15 is 0 Å². The fourth-order valence-electron chi connectivity index (χ4n) is 1.34. The molecule has 0 heterocycles. The van der Waals surface area contributed by atoms with Crippen LogP contribution in [0.15, 0.2) is 24.3 Å². The minimum absolute atomic E-state index is 0.236. The molecule has 0 fully saturated rings. The molecule has 1 aromatic carbocycles. The van der Waals surface area contributed by atoms with E-state index in [2.05, 4.69) is 0 Å². The van der Waals surface area contributed by atoms with Crippen LogP contribution in [0.2, 0.25) is 0 Å². The number of rotatable bonds is 4. The third-order valence-corrected chi connectivity index (χ3v) is 2.06. The Bertz CT molecular complexity index is 385. The van der Waals surface area contributed by atoms with Gasteiger partial charge in [0.15, 0.2) is 0 Å². The summed E-state index contributed by atoms with van der Waals surface area (Å²) in [7, 11) is 0. The Labute approximate surface area is 109 Å². The first-order chi connectivity index (χ1) is 8.28. The van der Waals surface area contributed by atoms with E-state index in [0.717, 1.165) is 5.75 Å². The van der Waals surface area contributed by atoms with E-state index in [-0.39, 0.29) is 11.6 Å². The third kappa shape index (κ3) is 5.21. The van der Waals surface area contributed by atoms with E-state index in [1.54, 1.807) is 24.3 Å². The Balaban J connectivity index is 2.62. The number of benzene rings is 1. The van der Waals surface area contributed by atoms with Gasteiger partial charge in [0.1, 0.15) is 11.4 Å². The van der Waals surface area contributed by atoms with Crippen LogP contribution in [-0.2, 0) is 4.74 Å². The zero-order chi connectivity index (χ0) is 13.8. The zero-order valence-electron chi connectivity index (χ0n) is 11.8. The second kappa shape index (κ2) is 5.89. The highest BCUT2D eigenvalue weighted by molar-refractivity contribution is 5.89. The first kappa shape index (κ1) is 14.6. The van der Waals surface area contributed by atoms with Crippen molar-refractivity contribution in [1.29, 1.82) is 0 Å². The first-order valence-electron chi connectivity index (χ1n) is 6.24. The summed E-state index contributed by atoms with van der Waals surface area (Å²) in [6.07, 6.45) is 0. The second-order valence-corrected chi connectivity index (χ2v) is 5.73. The van der Waals surface area contributed by atoms with Crippen molar-refractivity contribution in [3.8, 4) is 5.75 Å². The summed E-state index contributed by atoms with van der Waals surface area (Å²) in [5.41, 5.74) is 0.316. The molecule has 0 aliphatic rings. The predicted molar refractivity (Wildman–Crippen MR) is 71.9 cm³/mol. The zero-order valence-corrected chi connectivity index (χ0v) is 11.8. The standard InChI is InChI=1S/C15H22O3/c1-11(2)10-17-14(16)12-6-8-13(9-7-12)18-15(3,4)5/h6-9,11H,10H2,1-5H3. The van der Waals surface area contributed by atoms with E-state index in [9.17, 15) is 4.79 Å². The molecule has 100 valence electrons. The van der Waals surface area contributed by atoms with E-state index in [4.69, 9.17) is 9.47 Å². The molecule has 3 heteroatoms. The van der Waals surface area contributed by atoms with E-state index in [1.807, 2.05) is 34.6 Å². The number of esters is 1. The Hall–Kier alpha value is -1.51. The van der Waals surface area contributed by atoms with E-state index in [0.29, 0.717) is 18.1 Å². The largest absolute Gasteiger partial charge is 0.488 e. The van der Waals surface area contributed by atoms with Gasteiger partial charge in [-0.2, -0.15) is 0 Å². The maximum atomic E-state index is 11.7. The topological polar surface area (TPSA) is 35.5 Å². The van der Waals surface area contributed by atoms with E-state index < -0.39 is 0 Å².